The van der Waals surface area contributed by atoms with Crippen LogP contribution in [0.25, 0.3) is 0 Å². The van der Waals surface area contributed by atoms with Crippen LogP contribution >= 0.6 is 0 Å². The summed E-state index contributed by atoms with van der Waals surface area (Å²) in [4.78, 5) is 17.4. The molecule has 2 fully saturated rings. The number of nitrogens with zero attached hydrogens (tertiary/aromatic N) is 5. The summed E-state index contributed by atoms with van der Waals surface area (Å²) in [6, 6.07) is 6.37. The van der Waals surface area contributed by atoms with Crippen LogP contribution in [0.15, 0.2) is 35.6 Å². The molecule has 9 nitrogen and oxygen atoms in total. The minimum absolute atomic E-state index is 0.112. The molecule has 1 aromatic heterocycles. The minimum atomic E-state index is -0.750. The fourth-order valence-corrected chi connectivity index (χ4v) is 4.82. The Kier molecular flexibility index (Phi) is 6.32. The molecule has 0 radical (unpaired) electrons. The molecule has 1 unspecified atom stereocenters. The van der Waals surface area contributed by atoms with E-state index in [2.05, 4.69) is 32.3 Å². The first-order chi connectivity index (χ1) is 16.1. The Balaban J connectivity index is 1.34. The molecule has 2 aliphatic heterocycles. The second kappa shape index (κ2) is 9.52. The summed E-state index contributed by atoms with van der Waals surface area (Å²) >= 11 is 0. The summed E-state index contributed by atoms with van der Waals surface area (Å²) in [5.41, 5.74) is 3.47. The molecule has 0 bridgehead atoms. The lowest BCUT2D eigenvalue weighted by Gasteiger charge is -2.36. The first-order valence-corrected chi connectivity index (χ1v) is 11.8. The second-order valence-electron chi connectivity index (χ2n) is 8.96. The van der Waals surface area contributed by atoms with E-state index in [1.165, 1.54) is 0 Å². The van der Waals surface area contributed by atoms with Crippen LogP contribution in [0, 0.1) is 0 Å². The van der Waals surface area contributed by atoms with Crippen molar-refractivity contribution in [3.8, 4) is 5.75 Å². The minimum Gasteiger partial charge on any atom is -0.488 e. The van der Waals surface area contributed by atoms with Crippen molar-refractivity contribution in [1.29, 1.82) is 0 Å². The van der Waals surface area contributed by atoms with Gasteiger partial charge in [0.1, 0.15) is 11.4 Å². The predicted octanol–water partition coefficient (Wildman–Crippen LogP) is 2.98. The maximum Gasteiger partial charge on any atom is 0.222 e. The molecule has 0 spiro atoms. The third-order valence-corrected chi connectivity index (χ3v) is 6.67. The van der Waals surface area contributed by atoms with Gasteiger partial charge < -0.3 is 29.7 Å². The topological polar surface area (TPSA) is 95.3 Å². The van der Waals surface area contributed by atoms with E-state index in [4.69, 9.17) is 14.5 Å². The van der Waals surface area contributed by atoms with E-state index in [0.29, 0.717) is 17.7 Å². The van der Waals surface area contributed by atoms with Crippen molar-refractivity contribution in [2.75, 3.05) is 48.5 Å². The zero-order valence-corrected chi connectivity index (χ0v) is 19.3. The van der Waals surface area contributed by atoms with E-state index in [1.807, 2.05) is 24.9 Å². The van der Waals surface area contributed by atoms with Crippen LogP contribution < -0.4 is 19.9 Å². The molecular formula is C24H32N6O3. The van der Waals surface area contributed by atoms with Crippen LogP contribution in [0.5, 0.6) is 5.75 Å². The van der Waals surface area contributed by atoms with E-state index < -0.39 is 6.23 Å². The number of morpholine rings is 1. The normalized spacial score (nSPS) is 25.3. The highest BCUT2D eigenvalue weighted by Crippen LogP contribution is 2.45. The molecule has 1 saturated carbocycles. The van der Waals surface area contributed by atoms with E-state index in [9.17, 15) is 5.11 Å². The Morgan fingerprint density at radius 3 is 2.55 bits per heavy atom. The summed E-state index contributed by atoms with van der Waals surface area (Å²) in [6.07, 6.45) is 6.73. The fraction of sp³-hybridized carbons (Fsp3) is 0.542. The van der Waals surface area contributed by atoms with Gasteiger partial charge >= 0.3 is 0 Å². The van der Waals surface area contributed by atoms with Gasteiger partial charge in [-0.15, -0.1) is 0 Å². The molecule has 1 aliphatic carbocycles. The van der Waals surface area contributed by atoms with Gasteiger partial charge in [0.2, 0.25) is 5.95 Å². The van der Waals surface area contributed by atoms with Crippen molar-refractivity contribution in [3.63, 3.8) is 0 Å². The first kappa shape index (κ1) is 21.9. The highest BCUT2D eigenvalue weighted by molar-refractivity contribution is 5.98. The molecule has 1 saturated heterocycles. The third-order valence-electron chi connectivity index (χ3n) is 6.67. The summed E-state index contributed by atoms with van der Waals surface area (Å²) in [5, 5.41) is 14.0. The number of hydrogen-bond donors (Lipinski definition) is 2. The summed E-state index contributed by atoms with van der Waals surface area (Å²) in [6.45, 7) is 4.98. The quantitative estimate of drug-likeness (QED) is 0.715. The van der Waals surface area contributed by atoms with Gasteiger partial charge in [-0.3, -0.25) is 4.99 Å². The maximum atomic E-state index is 10.6. The number of fused-ring (bicyclic) bond motifs is 1. The molecule has 5 rings (SSSR count). The lowest BCUT2D eigenvalue weighted by atomic mass is 9.93. The fourth-order valence-electron chi connectivity index (χ4n) is 4.82. The van der Waals surface area contributed by atoms with E-state index in [0.717, 1.165) is 74.8 Å². The SMILES string of the molecule is CC1=Nc2cc(N3CCOCC3)cc(OC3CCC(Nc4ncccn4)CC3)c2N(C)C1O. The number of hydrogen-bond acceptors (Lipinski definition) is 9. The molecule has 176 valence electrons. The summed E-state index contributed by atoms with van der Waals surface area (Å²) < 4.78 is 12.1. The van der Waals surface area contributed by atoms with Gasteiger partial charge in [-0.1, -0.05) is 0 Å². The molecule has 9 heteroatoms. The number of benzene rings is 1. The number of ether oxygens (including phenoxy) is 2. The Labute approximate surface area is 194 Å². The van der Waals surface area contributed by atoms with E-state index >= 15 is 0 Å². The highest BCUT2D eigenvalue weighted by atomic mass is 16.5. The van der Waals surface area contributed by atoms with Crippen LogP contribution in [0.3, 0.4) is 0 Å². The van der Waals surface area contributed by atoms with Crippen molar-refractivity contribution in [2.45, 2.75) is 51.0 Å². The average Bonchev–Trinajstić information content (AvgIpc) is 2.85. The molecule has 0 amide bonds. The van der Waals surface area contributed by atoms with Crippen LogP contribution in [0.1, 0.15) is 32.6 Å². The average molecular weight is 453 g/mol. The third kappa shape index (κ3) is 4.74. The summed E-state index contributed by atoms with van der Waals surface area (Å²) in [7, 11) is 1.89. The van der Waals surface area contributed by atoms with Gasteiger partial charge in [-0.25, -0.2) is 9.97 Å². The van der Waals surface area contributed by atoms with Gasteiger partial charge in [0, 0.05) is 50.3 Å². The number of aliphatic imine (C=N–C) groups is 1. The van der Waals surface area contributed by atoms with Gasteiger partial charge in [-0.2, -0.15) is 0 Å². The largest absolute Gasteiger partial charge is 0.488 e. The van der Waals surface area contributed by atoms with Gasteiger partial charge in [0.25, 0.3) is 0 Å². The molecule has 33 heavy (non-hydrogen) atoms. The monoisotopic (exact) mass is 452 g/mol. The van der Waals surface area contributed by atoms with Crippen molar-refractivity contribution >= 4 is 28.7 Å². The van der Waals surface area contributed by atoms with Crippen LogP contribution in [0.2, 0.25) is 0 Å². The number of anilines is 3. The standard InChI is InChI=1S/C24H32N6O3/c1-16-23(31)29(2)22-20(27-16)14-18(30-10-12-32-13-11-30)15-21(22)33-19-6-4-17(5-7-19)28-24-25-8-3-9-26-24/h3,8-9,14-15,17,19,23,31H,4-7,10-13H2,1-2H3,(H,25,26,28). The lowest BCUT2D eigenvalue weighted by Crippen LogP contribution is -2.40. The first-order valence-electron chi connectivity index (χ1n) is 11.8. The number of aliphatic hydroxyl groups is 1. The number of rotatable bonds is 5. The Hall–Kier alpha value is -2.91. The molecule has 2 aromatic rings. The van der Waals surface area contributed by atoms with Crippen LogP contribution in [-0.2, 0) is 4.74 Å². The van der Waals surface area contributed by atoms with Crippen molar-refractivity contribution in [2.24, 2.45) is 4.99 Å². The number of aromatic nitrogens is 2. The van der Waals surface area contributed by atoms with E-state index in [1.54, 1.807) is 12.4 Å². The summed E-state index contributed by atoms with van der Waals surface area (Å²) in [5.74, 6) is 1.47. The van der Waals surface area contributed by atoms with Crippen molar-refractivity contribution < 1.29 is 14.6 Å². The molecule has 1 aromatic carbocycles. The maximum absolute atomic E-state index is 10.6. The van der Waals surface area contributed by atoms with E-state index in [-0.39, 0.29) is 6.10 Å². The smallest absolute Gasteiger partial charge is 0.222 e. The second-order valence-corrected chi connectivity index (χ2v) is 8.96. The van der Waals surface area contributed by atoms with Crippen LogP contribution in [0.4, 0.5) is 23.0 Å². The molecule has 3 aliphatic rings. The van der Waals surface area contributed by atoms with Crippen molar-refractivity contribution in [3.05, 3.63) is 30.6 Å². The lowest BCUT2D eigenvalue weighted by molar-refractivity contribution is 0.122. The Bertz CT molecular complexity index is 987. The van der Waals surface area contributed by atoms with Crippen molar-refractivity contribution in [1.82, 2.24) is 9.97 Å². The number of nitrogens with one attached hydrogen (secondary N) is 1. The molecular weight excluding hydrogens is 420 g/mol. The molecule has 3 heterocycles. The zero-order valence-electron chi connectivity index (χ0n) is 19.3. The Morgan fingerprint density at radius 2 is 1.82 bits per heavy atom. The molecule has 2 N–H and O–H groups in total. The zero-order chi connectivity index (χ0) is 22.8. The highest BCUT2D eigenvalue weighted by Gasteiger charge is 2.30. The van der Waals surface area contributed by atoms with Gasteiger partial charge in [0.05, 0.1) is 30.7 Å². The van der Waals surface area contributed by atoms with Gasteiger partial charge in [0.15, 0.2) is 6.23 Å². The number of aliphatic hydroxyl groups excluding tert-OH is 1. The predicted molar refractivity (Wildman–Crippen MR) is 129 cm³/mol. The van der Waals surface area contributed by atoms with Gasteiger partial charge in [-0.05, 0) is 44.7 Å². The molecule has 1 atom stereocenters. The van der Waals surface area contributed by atoms with Crippen LogP contribution in [-0.4, -0.2) is 72.5 Å². The Morgan fingerprint density at radius 1 is 1.09 bits per heavy atom.